The van der Waals surface area contributed by atoms with E-state index in [0.717, 1.165) is 17.4 Å². The van der Waals surface area contributed by atoms with Crippen molar-refractivity contribution in [2.24, 2.45) is 0 Å². The predicted molar refractivity (Wildman–Crippen MR) is 103 cm³/mol. The molecular weight excluding hydrogens is 383 g/mol. The maximum atomic E-state index is 13.4. The molecule has 2 aromatic rings. The van der Waals surface area contributed by atoms with E-state index >= 15 is 0 Å². The number of aryl methyl sites for hydroxylation is 1. The lowest BCUT2D eigenvalue weighted by Crippen LogP contribution is -2.50. The van der Waals surface area contributed by atoms with E-state index in [1.54, 1.807) is 12.0 Å². The average Bonchev–Trinajstić information content (AvgIpc) is 2.72. The fraction of sp³-hybridized carbons (Fsp3) is 0.350. The molecule has 6 nitrogen and oxygen atoms in total. The van der Waals surface area contributed by atoms with Crippen molar-refractivity contribution in [2.75, 3.05) is 33.3 Å². The molecule has 1 amide bonds. The van der Waals surface area contributed by atoms with Crippen LogP contribution in [-0.4, -0.2) is 56.8 Å². The number of nitrogens with zero attached hydrogens (tertiary/aromatic N) is 2. The van der Waals surface area contributed by atoms with Crippen molar-refractivity contribution in [1.29, 1.82) is 0 Å². The molecule has 1 aliphatic heterocycles. The molecule has 1 aliphatic rings. The average molecular weight is 406 g/mol. The second-order valence-corrected chi connectivity index (χ2v) is 8.53. The largest absolute Gasteiger partial charge is 0.497 e. The van der Waals surface area contributed by atoms with E-state index in [4.69, 9.17) is 4.74 Å². The number of halogens is 1. The third kappa shape index (κ3) is 4.69. The molecule has 0 bridgehead atoms. The first-order chi connectivity index (χ1) is 13.4. The number of sulfonamides is 1. The molecule has 0 atom stereocenters. The zero-order chi connectivity index (χ0) is 20.1. The Balaban J connectivity index is 1.53. The van der Waals surface area contributed by atoms with Crippen LogP contribution in [0.3, 0.4) is 0 Å². The Hall–Kier alpha value is -2.45. The normalized spacial score (nSPS) is 15.4. The molecule has 0 aliphatic carbocycles. The van der Waals surface area contributed by atoms with Gasteiger partial charge < -0.3 is 9.64 Å². The minimum Gasteiger partial charge on any atom is -0.497 e. The topological polar surface area (TPSA) is 66.9 Å². The van der Waals surface area contributed by atoms with Crippen LogP contribution in [0.5, 0.6) is 5.75 Å². The lowest BCUT2D eigenvalue weighted by Gasteiger charge is -2.34. The Morgan fingerprint density at radius 1 is 1.07 bits per heavy atom. The van der Waals surface area contributed by atoms with E-state index in [2.05, 4.69) is 0 Å². The second-order valence-electron chi connectivity index (χ2n) is 6.59. The highest BCUT2D eigenvalue weighted by atomic mass is 32.2. The molecule has 0 saturated carbocycles. The fourth-order valence-electron chi connectivity index (χ4n) is 3.16. The summed E-state index contributed by atoms with van der Waals surface area (Å²) < 4.78 is 45.0. The number of ether oxygens (including phenoxy) is 1. The highest BCUT2D eigenvalue weighted by Gasteiger charge is 2.30. The number of piperazine rings is 1. The van der Waals surface area contributed by atoms with Gasteiger partial charge in [-0.2, -0.15) is 4.31 Å². The van der Waals surface area contributed by atoms with Crippen molar-refractivity contribution < 1.29 is 22.3 Å². The molecule has 1 heterocycles. The van der Waals surface area contributed by atoms with E-state index < -0.39 is 15.8 Å². The molecule has 2 aromatic carbocycles. The quantitative estimate of drug-likeness (QED) is 0.738. The summed E-state index contributed by atoms with van der Waals surface area (Å²) >= 11 is 0. The summed E-state index contributed by atoms with van der Waals surface area (Å²) in [4.78, 5) is 14.1. The summed E-state index contributed by atoms with van der Waals surface area (Å²) in [6.45, 7) is 1.06. The SMILES string of the molecule is COc1ccc(CCC(=O)N2CCN(S(=O)(=O)c3cccc(F)c3)CC2)cc1. The summed E-state index contributed by atoms with van der Waals surface area (Å²) in [6.07, 6.45) is 0.980. The highest BCUT2D eigenvalue weighted by Crippen LogP contribution is 2.19. The predicted octanol–water partition coefficient (Wildman–Crippen LogP) is 2.30. The van der Waals surface area contributed by atoms with E-state index in [1.165, 1.54) is 22.5 Å². The van der Waals surface area contributed by atoms with Crippen LogP contribution in [0.25, 0.3) is 0 Å². The Morgan fingerprint density at radius 3 is 2.36 bits per heavy atom. The maximum absolute atomic E-state index is 13.4. The zero-order valence-corrected chi connectivity index (χ0v) is 16.5. The standard InChI is InChI=1S/C20H23FN2O4S/c1-27-18-8-5-16(6-9-18)7-10-20(24)22-11-13-23(14-12-22)28(25,26)19-4-2-3-17(21)15-19/h2-6,8-9,15H,7,10-14H2,1H3. The van der Waals surface area contributed by atoms with Gasteiger partial charge in [0, 0.05) is 32.6 Å². The van der Waals surface area contributed by atoms with Crippen molar-refractivity contribution >= 4 is 15.9 Å². The monoisotopic (exact) mass is 406 g/mol. The van der Waals surface area contributed by atoms with Crippen LogP contribution in [0.15, 0.2) is 53.4 Å². The molecule has 0 unspecified atom stereocenters. The number of amides is 1. The minimum atomic E-state index is -3.75. The van der Waals surface area contributed by atoms with Gasteiger partial charge in [0.05, 0.1) is 12.0 Å². The smallest absolute Gasteiger partial charge is 0.243 e. The number of methoxy groups -OCH3 is 1. The number of carbonyl (C=O) groups is 1. The van der Waals surface area contributed by atoms with Gasteiger partial charge in [-0.15, -0.1) is 0 Å². The third-order valence-corrected chi connectivity index (χ3v) is 6.71. The number of benzene rings is 2. The zero-order valence-electron chi connectivity index (χ0n) is 15.7. The molecule has 3 rings (SSSR count). The van der Waals surface area contributed by atoms with Crippen molar-refractivity contribution in [3.8, 4) is 5.75 Å². The molecule has 1 saturated heterocycles. The molecule has 1 fully saturated rings. The molecule has 0 spiro atoms. The first-order valence-electron chi connectivity index (χ1n) is 9.06. The lowest BCUT2D eigenvalue weighted by atomic mass is 10.1. The van der Waals surface area contributed by atoms with Gasteiger partial charge in [0.2, 0.25) is 15.9 Å². The van der Waals surface area contributed by atoms with Gasteiger partial charge in [0.15, 0.2) is 0 Å². The van der Waals surface area contributed by atoms with Crippen LogP contribution < -0.4 is 4.74 Å². The molecular formula is C20H23FN2O4S. The minimum absolute atomic E-state index is 0.00128. The lowest BCUT2D eigenvalue weighted by molar-refractivity contribution is -0.132. The summed E-state index contributed by atoms with van der Waals surface area (Å²) in [7, 11) is -2.15. The van der Waals surface area contributed by atoms with Crippen LogP contribution in [-0.2, 0) is 21.2 Å². The molecule has 28 heavy (non-hydrogen) atoms. The van der Waals surface area contributed by atoms with Crippen LogP contribution in [0, 0.1) is 5.82 Å². The van der Waals surface area contributed by atoms with Gasteiger partial charge in [0.25, 0.3) is 0 Å². The molecule has 8 heteroatoms. The molecule has 0 radical (unpaired) electrons. The van der Waals surface area contributed by atoms with Crippen molar-refractivity contribution in [3.05, 3.63) is 59.9 Å². The number of hydrogen-bond acceptors (Lipinski definition) is 4. The molecule has 0 aromatic heterocycles. The number of rotatable bonds is 6. The Kier molecular flexibility index (Phi) is 6.31. The van der Waals surface area contributed by atoms with E-state index in [0.29, 0.717) is 25.9 Å². The van der Waals surface area contributed by atoms with Gasteiger partial charge in [-0.05, 0) is 42.3 Å². The second kappa shape index (κ2) is 8.70. The molecule has 0 N–H and O–H groups in total. The Morgan fingerprint density at radius 2 is 1.75 bits per heavy atom. The van der Waals surface area contributed by atoms with Crippen LogP contribution >= 0.6 is 0 Å². The fourth-order valence-corrected chi connectivity index (χ4v) is 4.61. The first kappa shape index (κ1) is 20.3. The van der Waals surface area contributed by atoms with Gasteiger partial charge in [-0.3, -0.25) is 4.79 Å². The Labute approximate surface area is 164 Å². The van der Waals surface area contributed by atoms with Crippen LogP contribution in [0.2, 0.25) is 0 Å². The summed E-state index contributed by atoms with van der Waals surface area (Å²) in [5.41, 5.74) is 1.04. The maximum Gasteiger partial charge on any atom is 0.243 e. The van der Waals surface area contributed by atoms with E-state index in [-0.39, 0.29) is 23.9 Å². The number of hydrogen-bond donors (Lipinski definition) is 0. The summed E-state index contributed by atoms with van der Waals surface area (Å²) in [5, 5.41) is 0. The van der Waals surface area contributed by atoms with Crippen molar-refractivity contribution in [1.82, 2.24) is 9.21 Å². The Bertz CT molecular complexity index is 923. The van der Waals surface area contributed by atoms with Crippen molar-refractivity contribution in [3.63, 3.8) is 0 Å². The van der Waals surface area contributed by atoms with Gasteiger partial charge in [-0.25, -0.2) is 12.8 Å². The molecule has 150 valence electrons. The van der Waals surface area contributed by atoms with E-state index in [1.807, 2.05) is 24.3 Å². The summed E-state index contributed by atoms with van der Waals surface area (Å²) in [6, 6.07) is 12.5. The van der Waals surface area contributed by atoms with Crippen LogP contribution in [0.4, 0.5) is 4.39 Å². The third-order valence-electron chi connectivity index (χ3n) is 4.81. The number of carbonyl (C=O) groups excluding carboxylic acids is 1. The van der Waals surface area contributed by atoms with Crippen molar-refractivity contribution in [2.45, 2.75) is 17.7 Å². The highest BCUT2D eigenvalue weighted by molar-refractivity contribution is 7.89. The van der Waals surface area contributed by atoms with Crippen LogP contribution in [0.1, 0.15) is 12.0 Å². The van der Waals surface area contributed by atoms with Gasteiger partial charge in [-0.1, -0.05) is 18.2 Å². The van der Waals surface area contributed by atoms with E-state index in [9.17, 15) is 17.6 Å². The van der Waals surface area contributed by atoms with Gasteiger partial charge in [0.1, 0.15) is 11.6 Å². The first-order valence-corrected chi connectivity index (χ1v) is 10.5. The van der Waals surface area contributed by atoms with Gasteiger partial charge >= 0.3 is 0 Å². The summed E-state index contributed by atoms with van der Waals surface area (Å²) in [5.74, 6) is 0.178.